The molecular formula is C11H27NOSi. The second kappa shape index (κ2) is 5.88. The van der Waals surface area contributed by atoms with Gasteiger partial charge in [-0.1, -0.05) is 41.5 Å². The molecule has 0 heterocycles. The van der Waals surface area contributed by atoms with Gasteiger partial charge in [0, 0.05) is 6.54 Å². The lowest BCUT2D eigenvalue weighted by Gasteiger charge is -2.43. The smallest absolute Gasteiger partial charge is 0.133 e. The summed E-state index contributed by atoms with van der Waals surface area (Å²) in [7, 11) is -1.46. The summed E-state index contributed by atoms with van der Waals surface area (Å²) in [5.41, 5.74) is 2.15. The lowest BCUT2D eigenvalue weighted by molar-refractivity contribution is 0.299. The third-order valence-corrected chi connectivity index (χ3v) is 10.0. The molecule has 0 aliphatic carbocycles. The average molecular weight is 217 g/mol. The van der Waals surface area contributed by atoms with Crippen molar-refractivity contribution >= 4 is 8.24 Å². The number of rotatable bonds is 6. The van der Waals surface area contributed by atoms with Gasteiger partial charge in [-0.2, -0.15) is 0 Å². The molecule has 0 spiro atoms. The number of nitrogens with one attached hydrogen (secondary N) is 1. The molecule has 0 fully saturated rings. The Kier molecular flexibility index (Phi) is 5.94. The van der Waals surface area contributed by atoms with Crippen molar-refractivity contribution in [1.29, 1.82) is 0 Å². The molecule has 0 saturated heterocycles. The van der Waals surface area contributed by atoms with Crippen molar-refractivity contribution in [3.63, 3.8) is 0 Å². The van der Waals surface area contributed by atoms with E-state index in [2.05, 4.69) is 46.5 Å². The van der Waals surface area contributed by atoms with Gasteiger partial charge in [-0.3, -0.25) is 0 Å². The number of aliphatic hydroxyl groups excluding tert-OH is 1. The van der Waals surface area contributed by atoms with Crippen LogP contribution in [0.4, 0.5) is 0 Å². The monoisotopic (exact) mass is 217 g/mol. The molecule has 0 atom stereocenters. The van der Waals surface area contributed by atoms with E-state index in [0.29, 0.717) is 16.6 Å². The first kappa shape index (κ1) is 14.1. The fourth-order valence-electron chi connectivity index (χ4n) is 2.88. The summed E-state index contributed by atoms with van der Waals surface area (Å²) in [5, 5.41) is 8.93. The minimum atomic E-state index is -1.46. The Morgan fingerprint density at radius 3 is 1.50 bits per heavy atom. The van der Waals surface area contributed by atoms with Gasteiger partial charge in [0.25, 0.3) is 0 Å². The van der Waals surface area contributed by atoms with E-state index in [0.717, 1.165) is 6.54 Å². The first-order valence-electron chi connectivity index (χ1n) is 5.75. The fourth-order valence-corrected chi connectivity index (χ4v) is 8.65. The van der Waals surface area contributed by atoms with E-state index in [-0.39, 0.29) is 6.61 Å². The summed E-state index contributed by atoms with van der Waals surface area (Å²) in [6.07, 6.45) is 0. The molecule has 0 aromatic heterocycles. The first-order valence-corrected chi connectivity index (χ1v) is 7.98. The molecule has 0 aliphatic rings. The third-order valence-electron chi connectivity index (χ3n) is 3.41. The van der Waals surface area contributed by atoms with E-state index in [1.54, 1.807) is 0 Å². The largest absolute Gasteiger partial charge is 0.395 e. The zero-order valence-electron chi connectivity index (χ0n) is 10.6. The Balaban J connectivity index is 4.76. The zero-order valence-corrected chi connectivity index (χ0v) is 11.6. The highest BCUT2D eigenvalue weighted by Crippen LogP contribution is 2.38. The molecule has 0 amide bonds. The summed E-state index contributed by atoms with van der Waals surface area (Å²) in [5.74, 6) is 0. The summed E-state index contributed by atoms with van der Waals surface area (Å²) >= 11 is 0. The van der Waals surface area contributed by atoms with Crippen molar-refractivity contribution in [1.82, 2.24) is 4.98 Å². The van der Waals surface area contributed by atoms with Crippen molar-refractivity contribution in [3.8, 4) is 0 Å². The Bertz CT molecular complexity index is 136. The molecular weight excluding hydrogens is 190 g/mol. The maximum absolute atomic E-state index is 8.93. The summed E-state index contributed by atoms with van der Waals surface area (Å²) in [6, 6.07) is 0. The normalized spacial score (nSPS) is 13.3. The topological polar surface area (TPSA) is 32.3 Å². The molecule has 0 radical (unpaired) electrons. The van der Waals surface area contributed by atoms with Crippen LogP contribution in [0.25, 0.3) is 0 Å². The first-order chi connectivity index (χ1) is 6.39. The van der Waals surface area contributed by atoms with Gasteiger partial charge in [-0.25, -0.2) is 0 Å². The van der Waals surface area contributed by atoms with Crippen molar-refractivity contribution in [2.75, 3.05) is 13.2 Å². The standard InChI is InChI=1S/C11H27NOSi/c1-9(2)14(10(3)4,11(5)6)12-7-8-13/h9-13H,7-8H2,1-6H3. The molecule has 0 bridgehead atoms. The van der Waals surface area contributed by atoms with Crippen molar-refractivity contribution in [2.24, 2.45) is 0 Å². The lowest BCUT2D eigenvalue weighted by atomic mass is 10.5. The van der Waals surface area contributed by atoms with Crippen LogP contribution in [0.3, 0.4) is 0 Å². The van der Waals surface area contributed by atoms with Crippen molar-refractivity contribution in [2.45, 2.75) is 58.2 Å². The van der Waals surface area contributed by atoms with Crippen molar-refractivity contribution in [3.05, 3.63) is 0 Å². The SMILES string of the molecule is CC(C)[Si](NCCO)(C(C)C)C(C)C. The Morgan fingerprint density at radius 1 is 0.929 bits per heavy atom. The van der Waals surface area contributed by atoms with Gasteiger partial charge in [0.05, 0.1) is 6.61 Å². The lowest BCUT2D eigenvalue weighted by Crippen LogP contribution is -2.58. The van der Waals surface area contributed by atoms with Gasteiger partial charge in [0.2, 0.25) is 0 Å². The predicted octanol–water partition coefficient (Wildman–Crippen LogP) is 2.74. The highest BCUT2D eigenvalue weighted by atomic mass is 28.3. The van der Waals surface area contributed by atoms with Crippen LogP contribution in [0.5, 0.6) is 0 Å². The number of aliphatic hydroxyl groups is 1. The van der Waals surface area contributed by atoms with Crippen LogP contribution in [-0.4, -0.2) is 26.5 Å². The van der Waals surface area contributed by atoms with Gasteiger partial charge in [0.15, 0.2) is 0 Å². The molecule has 3 heteroatoms. The van der Waals surface area contributed by atoms with Crippen LogP contribution in [-0.2, 0) is 0 Å². The van der Waals surface area contributed by atoms with E-state index in [9.17, 15) is 0 Å². The fraction of sp³-hybridized carbons (Fsp3) is 1.00. The average Bonchev–Trinajstić information content (AvgIpc) is 2.03. The molecule has 0 aromatic carbocycles. The van der Waals surface area contributed by atoms with Gasteiger partial charge < -0.3 is 10.1 Å². The van der Waals surface area contributed by atoms with E-state index >= 15 is 0 Å². The molecule has 0 unspecified atom stereocenters. The van der Waals surface area contributed by atoms with Gasteiger partial charge >= 0.3 is 0 Å². The number of hydrogen-bond donors (Lipinski definition) is 2. The van der Waals surface area contributed by atoms with Crippen molar-refractivity contribution < 1.29 is 5.11 Å². The molecule has 14 heavy (non-hydrogen) atoms. The second-order valence-electron chi connectivity index (χ2n) is 5.05. The Hall–Kier alpha value is 0.137. The molecule has 86 valence electrons. The highest BCUT2D eigenvalue weighted by molar-refractivity contribution is 6.81. The highest BCUT2D eigenvalue weighted by Gasteiger charge is 2.42. The summed E-state index contributed by atoms with van der Waals surface area (Å²) < 4.78 is 0. The minimum absolute atomic E-state index is 0.251. The summed E-state index contributed by atoms with van der Waals surface area (Å²) in [4.78, 5) is 3.67. The predicted molar refractivity (Wildman–Crippen MR) is 66.1 cm³/mol. The van der Waals surface area contributed by atoms with Gasteiger partial charge in [-0.15, -0.1) is 0 Å². The van der Waals surface area contributed by atoms with E-state index < -0.39 is 8.24 Å². The Labute approximate surface area is 90.2 Å². The maximum Gasteiger partial charge on any atom is 0.133 e. The van der Waals surface area contributed by atoms with E-state index in [1.165, 1.54) is 0 Å². The summed E-state index contributed by atoms with van der Waals surface area (Å²) in [6.45, 7) is 14.9. The molecule has 0 rings (SSSR count). The minimum Gasteiger partial charge on any atom is -0.395 e. The van der Waals surface area contributed by atoms with Crippen LogP contribution in [0.2, 0.25) is 16.6 Å². The van der Waals surface area contributed by atoms with E-state index in [4.69, 9.17) is 5.11 Å². The quantitative estimate of drug-likeness (QED) is 0.671. The molecule has 0 aliphatic heterocycles. The molecule has 0 saturated carbocycles. The molecule has 0 aromatic rings. The van der Waals surface area contributed by atoms with E-state index in [1.807, 2.05) is 0 Å². The van der Waals surface area contributed by atoms with Crippen LogP contribution in [0.1, 0.15) is 41.5 Å². The van der Waals surface area contributed by atoms with Crippen LogP contribution >= 0.6 is 0 Å². The third kappa shape index (κ3) is 2.81. The number of hydrogen-bond acceptors (Lipinski definition) is 2. The maximum atomic E-state index is 8.93. The van der Waals surface area contributed by atoms with Gasteiger partial charge in [-0.05, 0) is 16.6 Å². The second-order valence-corrected chi connectivity index (χ2v) is 10.7. The van der Waals surface area contributed by atoms with Crippen LogP contribution in [0, 0.1) is 0 Å². The van der Waals surface area contributed by atoms with Crippen LogP contribution < -0.4 is 4.98 Å². The molecule has 2 nitrogen and oxygen atoms in total. The van der Waals surface area contributed by atoms with Crippen LogP contribution in [0.15, 0.2) is 0 Å². The Morgan fingerprint density at radius 2 is 1.29 bits per heavy atom. The molecule has 2 N–H and O–H groups in total. The zero-order chi connectivity index (χ0) is 11.4. The van der Waals surface area contributed by atoms with Gasteiger partial charge in [0.1, 0.15) is 8.24 Å².